The van der Waals surface area contributed by atoms with Crippen molar-refractivity contribution in [3.8, 4) is 0 Å². The number of rotatable bonds is 4. The van der Waals surface area contributed by atoms with Gasteiger partial charge >= 0.3 is 0 Å². The third-order valence-electron chi connectivity index (χ3n) is 5.65. The fourth-order valence-electron chi connectivity index (χ4n) is 4.25. The Morgan fingerprint density at radius 3 is 2.42 bits per heavy atom. The van der Waals surface area contributed by atoms with Crippen molar-refractivity contribution in [3.63, 3.8) is 0 Å². The van der Waals surface area contributed by atoms with Crippen LogP contribution in [0.15, 0.2) is 54.6 Å². The van der Waals surface area contributed by atoms with Crippen LogP contribution in [-0.4, -0.2) is 22.8 Å². The van der Waals surface area contributed by atoms with E-state index in [2.05, 4.69) is 5.32 Å². The zero-order valence-electron chi connectivity index (χ0n) is 15.0. The molecule has 1 aliphatic carbocycles. The zero-order chi connectivity index (χ0) is 18.1. The minimum atomic E-state index is -0.561. The number of benzene rings is 2. The van der Waals surface area contributed by atoms with Gasteiger partial charge in [0.25, 0.3) is 5.91 Å². The molecule has 1 fully saturated rings. The molecule has 4 rings (SSSR count). The number of nitrogens with one attached hydrogen (secondary N) is 1. The molecule has 2 aromatic carbocycles. The summed E-state index contributed by atoms with van der Waals surface area (Å²) in [6, 6.07) is 16.9. The maximum Gasteiger partial charge on any atom is 0.255 e. The van der Waals surface area contributed by atoms with Crippen molar-refractivity contribution in [2.24, 2.45) is 0 Å². The summed E-state index contributed by atoms with van der Waals surface area (Å²) in [5.41, 5.74) is 2.49. The molecule has 0 saturated heterocycles. The van der Waals surface area contributed by atoms with Crippen LogP contribution in [0.25, 0.3) is 0 Å². The molecule has 2 atom stereocenters. The van der Waals surface area contributed by atoms with Crippen LogP contribution in [0.3, 0.4) is 0 Å². The number of carbonyl (C=O) groups excluding carboxylic acids is 2. The summed E-state index contributed by atoms with van der Waals surface area (Å²) in [7, 11) is 0. The minimum absolute atomic E-state index is 0.0574. The van der Waals surface area contributed by atoms with Gasteiger partial charge in [0.2, 0.25) is 5.91 Å². The van der Waals surface area contributed by atoms with Crippen LogP contribution in [0.5, 0.6) is 0 Å². The van der Waals surface area contributed by atoms with E-state index in [4.69, 9.17) is 0 Å². The highest BCUT2D eigenvalue weighted by molar-refractivity contribution is 6.05. The number of fused-ring (bicyclic) bond motifs is 1. The molecule has 4 nitrogen and oxygen atoms in total. The highest BCUT2D eigenvalue weighted by Gasteiger charge is 2.43. The molecule has 1 aliphatic heterocycles. The van der Waals surface area contributed by atoms with E-state index in [1.54, 1.807) is 4.90 Å². The van der Waals surface area contributed by atoms with E-state index in [1.165, 1.54) is 0 Å². The fourth-order valence-corrected chi connectivity index (χ4v) is 4.25. The topological polar surface area (TPSA) is 49.4 Å². The molecule has 2 aromatic rings. The molecule has 0 radical (unpaired) electrons. The van der Waals surface area contributed by atoms with Crippen molar-refractivity contribution in [1.82, 2.24) is 10.2 Å². The van der Waals surface area contributed by atoms with Crippen LogP contribution >= 0.6 is 0 Å². The molecule has 134 valence electrons. The maximum atomic E-state index is 13.2. The first kappa shape index (κ1) is 16.8. The number of amides is 2. The van der Waals surface area contributed by atoms with Crippen LogP contribution in [0.4, 0.5) is 0 Å². The summed E-state index contributed by atoms with van der Waals surface area (Å²) < 4.78 is 0. The van der Waals surface area contributed by atoms with Crippen LogP contribution < -0.4 is 5.32 Å². The number of carbonyl (C=O) groups is 2. The summed E-state index contributed by atoms with van der Waals surface area (Å²) in [5.74, 6) is -0.124. The van der Waals surface area contributed by atoms with Crippen LogP contribution in [-0.2, 0) is 4.79 Å². The molecule has 1 N–H and O–H groups in total. The van der Waals surface area contributed by atoms with Gasteiger partial charge in [-0.15, -0.1) is 0 Å². The van der Waals surface area contributed by atoms with E-state index >= 15 is 0 Å². The molecule has 0 aromatic heterocycles. The van der Waals surface area contributed by atoms with Crippen molar-refractivity contribution >= 4 is 11.8 Å². The first-order chi connectivity index (χ1) is 12.7. The molecule has 1 heterocycles. The highest BCUT2D eigenvalue weighted by Crippen LogP contribution is 2.40. The van der Waals surface area contributed by atoms with Gasteiger partial charge in [0.05, 0.1) is 6.04 Å². The Morgan fingerprint density at radius 2 is 1.69 bits per heavy atom. The Hall–Kier alpha value is -2.62. The minimum Gasteiger partial charge on any atom is -0.351 e. The number of hydrogen-bond donors (Lipinski definition) is 1. The summed E-state index contributed by atoms with van der Waals surface area (Å²) >= 11 is 0. The van der Waals surface area contributed by atoms with Crippen LogP contribution in [0.2, 0.25) is 0 Å². The van der Waals surface area contributed by atoms with E-state index in [0.29, 0.717) is 5.56 Å². The molecule has 2 amide bonds. The molecule has 0 spiro atoms. The average Bonchev–Trinajstić information content (AvgIpc) is 3.28. The van der Waals surface area contributed by atoms with Gasteiger partial charge in [0, 0.05) is 11.6 Å². The molecule has 26 heavy (non-hydrogen) atoms. The maximum absolute atomic E-state index is 13.2. The lowest BCUT2D eigenvalue weighted by Crippen LogP contribution is -2.43. The van der Waals surface area contributed by atoms with E-state index < -0.39 is 6.04 Å². The lowest BCUT2D eigenvalue weighted by molar-refractivity contribution is -0.126. The molecule has 2 aliphatic rings. The lowest BCUT2D eigenvalue weighted by Gasteiger charge is -2.31. The quantitative estimate of drug-likeness (QED) is 0.908. The molecular weight excluding hydrogens is 324 g/mol. The monoisotopic (exact) mass is 348 g/mol. The van der Waals surface area contributed by atoms with Gasteiger partial charge in [-0.1, -0.05) is 61.4 Å². The van der Waals surface area contributed by atoms with Gasteiger partial charge in [0.15, 0.2) is 0 Å². The van der Waals surface area contributed by atoms with Crippen molar-refractivity contribution in [3.05, 3.63) is 71.3 Å². The smallest absolute Gasteiger partial charge is 0.255 e. The number of hydrogen-bond acceptors (Lipinski definition) is 2. The Bertz CT molecular complexity index is 812. The third kappa shape index (κ3) is 2.90. The van der Waals surface area contributed by atoms with Crippen molar-refractivity contribution in [2.45, 2.75) is 50.7 Å². The lowest BCUT2D eigenvalue weighted by atomic mass is 10.0. The van der Waals surface area contributed by atoms with E-state index in [1.807, 2.05) is 61.5 Å². The van der Waals surface area contributed by atoms with E-state index in [-0.39, 0.29) is 23.9 Å². The van der Waals surface area contributed by atoms with E-state index in [0.717, 1.165) is 36.8 Å². The van der Waals surface area contributed by atoms with Gasteiger partial charge < -0.3 is 10.2 Å². The SMILES string of the molecule is C[C@@H](c1ccccc1)N1C(=O)c2ccccc2[C@@H]1C(=O)NC1CCCC1. The second kappa shape index (κ2) is 6.94. The molecule has 4 heteroatoms. The normalized spacial score (nSPS) is 20.9. The largest absolute Gasteiger partial charge is 0.351 e. The van der Waals surface area contributed by atoms with Crippen LogP contribution in [0, 0.1) is 0 Å². The Balaban J connectivity index is 1.69. The Morgan fingerprint density at radius 1 is 1.04 bits per heavy atom. The summed E-state index contributed by atoms with van der Waals surface area (Å²) in [4.78, 5) is 28.0. The van der Waals surface area contributed by atoms with Gasteiger partial charge in [0.1, 0.15) is 6.04 Å². The predicted octanol–water partition coefficient (Wildman–Crippen LogP) is 4.00. The second-order valence-corrected chi connectivity index (χ2v) is 7.28. The van der Waals surface area contributed by atoms with Gasteiger partial charge in [-0.05, 0) is 37.0 Å². The first-order valence-corrected chi connectivity index (χ1v) is 9.43. The molecule has 0 bridgehead atoms. The molecule has 1 saturated carbocycles. The van der Waals surface area contributed by atoms with Gasteiger partial charge in [-0.25, -0.2) is 0 Å². The Kier molecular flexibility index (Phi) is 4.49. The second-order valence-electron chi connectivity index (χ2n) is 7.28. The summed E-state index contributed by atoms with van der Waals surface area (Å²) in [6.45, 7) is 2.00. The highest BCUT2D eigenvalue weighted by atomic mass is 16.2. The van der Waals surface area contributed by atoms with Crippen LogP contribution in [0.1, 0.15) is 66.2 Å². The van der Waals surface area contributed by atoms with E-state index in [9.17, 15) is 9.59 Å². The molecular formula is C22H24N2O2. The van der Waals surface area contributed by atoms with Crippen molar-refractivity contribution in [2.75, 3.05) is 0 Å². The predicted molar refractivity (Wildman–Crippen MR) is 101 cm³/mol. The third-order valence-corrected chi connectivity index (χ3v) is 5.65. The summed E-state index contributed by atoms with van der Waals surface area (Å²) in [5, 5.41) is 3.19. The number of nitrogens with zero attached hydrogens (tertiary/aromatic N) is 1. The van der Waals surface area contributed by atoms with Gasteiger partial charge in [-0.3, -0.25) is 9.59 Å². The van der Waals surface area contributed by atoms with Crippen molar-refractivity contribution in [1.29, 1.82) is 0 Å². The van der Waals surface area contributed by atoms with Gasteiger partial charge in [-0.2, -0.15) is 0 Å². The van der Waals surface area contributed by atoms with Crippen molar-refractivity contribution < 1.29 is 9.59 Å². The molecule has 0 unspecified atom stereocenters. The summed E-state index contributed by atoms with van der Waals surface area (Å²) in [6.07, 6.45) is 4.38. The standard InChI is InChI=1S/C22H24N2O2/c1-15(16-9-3-2-4-10-16)24-20(21(25)23-17-11-5-6-12-17)18-13-7-8-14-19(18)22(24)26/h2-4,7-10,13-15,17,20H,5-6,11-12H2,1H3,(H,23,25)/t15-,20+/m0/s1. The zero-order valence-corrected chi connectivity index (χ0v) is 15.0. The Labute approximate surface area is 154 Å². The average molecular weight is 348 g/mol. The first-order valence-electron chi connectivity index (χ1n) is 9.43. The fraction of sp³-hybridized carbons (Fsp3) is 0.364.